The monoisotopic (exact) mass is 887 g/mol. The number of benzene rings is 10. The van der Waals surface area contributed by atoms with Gasteiger partial charge in [-0.2, -0.15) is 0 Å². The van der Waals surface area contributed by atoms with Gasteiger partial charge in [0.1, 0.15) is 0 Å². The molecule has 5 heteroatoms. The lowest BCUT2D eigenvalue weighted by atomic mass is 10.0. The van der Waals surface area contributed by atoms with E-state index >= 15 is 0 Å². The number of rotatable bonds is 7. The van der Waals surface area contributed by atoms with E-state index in [1.807, 2.05) is 140 Å². The first-order valence-corrected chi connectivity index (χ1v) is 22.8. The van der Waals surface area contributed by atoms with E-state index in [4.69, 9.17) is 12.7 Å². The van der Waals surface area contributed by atoms with Crippen LogP contribution in [0.15, 0.2) is 249 Å². The van der Waals surface area contributed by atoms with Crippen LogP contribution in [0.1, 0.15) is 11.0 Å². The molecule has 4 aromatic heterocycles. The Hall–Kier alpha value is -9.32. The van der Waals surface area contributed by atoms with E-state index in [1.165, 1.54) is 0 Å². The van der Waals surface area contributed by atoms with Crippen molar-refractivity contribution in [1.82, 2.24) is 23.7 Å². The Balaban J connectivity index is 1.21. The molecular formula is C64H41N5. The Bertz CT molecular complexity index is 4460. The third kappa shape index (κ3) is 6.18. The molecule has 0 aliphatic rings. The minimum atomic E-state index is -0.516. The highest BCUT2D eigenvalue weighted by molar-refractivity contribution is 6.14. The van der Waals surface area contributed by atoms with Crippen molar-refractivity contribution >= 4 is 65.4 Å². The van der Waals surface area contributed by atoms with E-state index in [0.29, 0.717) is 39.8 Å². The second-order valence-electron chi connectivity index (χ2n) is 17.2. The average Bonchev–Trinajstić information content (AvgIpc) is 4.24. The lowest BCUT2D eigenvalue weighted by Gasteiger charge is -2.23. The maximum absolute atomic E-state index is 9.80. The van der Waals surface area contributed by atoms with Crippen LogP contribution in [0, 0.1) is 0 Å². The van der Waals surface area contributed by atoms with Crippen LogP contribution >= 0.6 is 0 Å². The van der Waals surface area contributed by atoms with Crippen LogP contribution in [0.3, 0.4) is 0 Å². The van der Waals surface area contributed by atoms with Gasteiger partial charge < -0.3 is 13.7 Å². The lowest BCUT2D eigenvalue weighted by Crippen LogP contribution is -2.10. The maximum Gasteiger partial charge on any atom is 0.160 e. The van der Waals surface area contributed by atoms with Crippen LogP contribution in [0.2, 0.25) is 0 Å². The van der Waals surface area contributed by atoms with Crippen LogP contribution in [0.4, 0.5) is 0 Å². The Morgan fingerprint density at radius 2 is 0.667 bits per heavy atom. The van der Waals surface area contributed by atoms with Gasteiger partial charge in [-0.25, -0.2) is 9.97 Å². The predicted octanol–water partition coefficient (Wildman–Crippen LogP) is 16.4. The minimum absolute atomic E-state index is 0.00409. The fourth-order valence-electron chi connectivity index (χ4n) is 10.3. The lowest BCUT2D eigenvalue weighted by molar-refractivity contribution is 1.05. The summed E-state index contributed by atoms with van der Waals surface area (Å²) in [6, 6.07) is 63.2. The third-order valence-electron chi connectivity index (χ3n) is 13.3. The molecule has 14 aromatic rings. The maximum atomic E-state index is 9.80. The smallest absolute Gasteiger partial charge is 0.160 e. The normalized spacial score (nSPS) is 13.4. The zero-order valence-corrected chi connectivity index (χ0v) is 36.8. The molecule has 0 unspecified atom stereocenters. The summed E-state index contributed by atoms with van der Waals surface area (Å²) in [6.07, 6.45) is 0. The highest BCUT2D eigenvalue weighted by Gasteiger charge is 2.26. The van der Waals surface area contributed by atoms with Gasteiger partial charge in [0.25, 0.3) is 0 Å². The van der Waals surface area contributed by atoms with Gasteiger partial charge in [0.15, 0.2) is 5.82 Å². The largest absolute Gasteiger partial charge is 0.307 e. The quantitative estimate of drug-likeness (QED) is 0.160. The number of aromatic nitrogens is 5. The minimum Gasteiger partial charge on any atom is -0.307 e. The summed E-state index contributed by atoms with van der Waals surface area (Å²) in [5.74, 6) is 0.500. The van der Waals surface area contributed by atoms with Crippen molar-refractivity contribution in [2.45, 2.75) is 0 Å². The molecule has 0 N–H and O–H groups in total. The summed E-state index contributed by atoms with van der Waals surface area (Å²) in [6.45, 7) is 0. The van der Waals surface area contributed by atoms with Gasteiger partial charge in [-0.15, -0.1) is 0 Å². The fraction of sp³-hybridized carbons (Fsp3) is 0. The Labute approximate surface area is 409 Å². The third-order valence-corrected chi connectivity index (χ3v) is 13.3. The van der Waals surface area contributed by atoms with E-state index in [1.54, 1.807) is 4.57 Å². The molecule has 0 radical (unpaired) electrons. The highest BCUT2D eigenvalue weighted by Crippen LogP contribution is 2.45. The molecule has 0 saturated carbocycles. The standard InChI is InChI=1S/C64H41N5/c1-3-19-42(20-4-1)43-35-37-44(38-36-43)53-41-54(66-64(65-53)45-21-5-2-6-22-45)46-39-61(67-55-29-13-7-23-47(55)48-24-8-14-30-56(48)67)63(69-59-33-17-11-27-51(59)52-28-12-18-34-60(52)69)62(40-46)68-57-31-15-9-25-49(57)50-26-10-16-32-58(50)68/h1-41H/i11D,12D,17D,18D,27D,28D,33D,34D. The first kappa shape index (κ1) is 31.6. The number of hydrogen-bond donors (Lipinski definition) is 0. The zero-order chi connectivity index (χ0) is 52.4. The van der Waals surface area contributed by atoms with E-state index in [-0.39, 0.29) is 21.8 Å². The summed E-state index contributed by atoms with van der Waals surface area (Å²) in [4.78, 5) is 10.6. The van der Waals surface area contributed by atoms with E-state index in [9.17, 15) is 8.22 Å². The van der Waals surface area contributed by atoms with E-state index < -0.39 is 48.3 Å². The predicted molar refractivity (Wildman–Crippen MR) is 287 cm³/mol. The fourth-order valence-corrected chi connectivity index (χ4v) is 10.3. The number of para-hydroxylation sites is 6. The summed E-state index contributed by atoms with van der Waals surface area (Å²) in [5, 5.41) is 3.79. The molecule has 322 valence electrons. The highest BCUT2D eigenvalue weighted by atomic mass is 15.1. The average molecular weight is 888 g/mol. The molecular weight excluding hydrogens is 839 g/mol. The molecule has 0 fully saturated rings. The second-order valence-corrected chi connectivity index (χ2v) is 17.2. The molecule has 0 aliphatic heterocycles. The topological polar surface area (TPSA) is 40.6 Å². The van der Waals surface area contributed by atoms with Crippen LogP contribution in [-0.4, -0.2) is 23.7 Å². The van der Waals surface area contributed by atoms with Gasteiger partial charge in [-0.1, -0.05) is 194 Å². The van der Waals surface area contributed by atoms with Crippen LogP contribution < -0.4 is 0 Å². The summed E-state index contributed by atoms with van der Waals surface area (Å²) >= 11 is 0. The van der Waals surface area contributed by atoms with Gasteiger partial charge in [-0.3, -0.25) is 0 Å². The molecule has 0 spiro atoms. The van der Waals surface area contributed by atoms with Crippen molar-refractivity contribution in [3.05, 3.63) is 249 Å². The Morgan fingerprint density at radius 3 is 1.14 bits per heavy atom. The van der Waals surface area contributed by atoms with Gasteiger partial charge in [0.05, 0.1) is 72.5 Å². The van der Waals surface area contributed by atoms with Crippen molar-refractivity contribution in [2.24, 2.45) is 0 Å². The number of nitrogens with zero attached hydrogens (tertiary/aromatic N) is 5. The zero-order valence-electron chi connectivity index (χ0n) is 44.8. The molecule has 10 aromatic carbocycles. The molecule has 69 heavy (non-hydrogen) atoms. The molecule has 4 heterocycles. The summed E-state index contributed by atoms with van der Waals surface area (Å²) in [7, 11) is 0. The van der Waals surface area contributed by atoms with Crippen LogP contribution in [-0.2, 0) is 0 Å². The van der Waals surface area contributed by atoms with Crippen molar-refractivity contribution in [3.8, 4) is 62.1 Å². The van der Waals surface area contributed by atoms with E-state index in [0.717, 1.165) is 65.9 Å². The molecule has 14 rings (SSSR count). The van der Waals surface area contributed by atoms with Crippen LogP contribution in [0.25, 0.3) is 128 Å². The molecule has 0 atom stereocenters. The van der Waals surface area contributed by atoms with Crippen molar-refractivity contribution in [1.29, 1.82) is 0 Å². The van der Waals surface area contributed by atoms with Crippen molar-refractivity contribution < 1.29 is 11.0 Å². The Morgan fingerprint density at radius 1 is 0.290 bits per heavy atom. The second kappa shape index (κ2) is 15.7. The first-order valence-electron chi connectivity index (χ1n) is 26.8. The SMILES string of the molecule is [2H]c1c([2H])c([2H])c2c(c1[2H])c1c([2H])c([2H])c([2H])c([2H])c1n2-c1c(-n2c3ccccc3c3ccccc32)cc(-c2cc(-c3ccc(-c4ccccc4)cc3)nc(-c3ccccc3)n2)cc1-n1c2ccccc2c2ccccc21. The molecule has 0 bridgehead atoms. The van der Waals surface area contributed by atoms with Gasteiger partial charge >= 0.3 is 0 Å². The molecule has 0 saturated heterocycles. The molecule has 5 nitrogen and oxygen atoms in total. The van der Waals surface area contributed by atoms with E-state index in [2.05, 4.69) is 69.8 Å². The Kier molecular flexibility index (Phi) is 7.16. The van der Waals surface area contributed by atoms with Gasteiger partial charge in [-0.05, 0) is 65.7 Å². The van der Waals surface area contributed by atoms with Crippen LogP contribution in [0.5, 0.6) is 0 Å². The molecule has 0 aliphatic carbocycles. The molecule has 0 amide bonds. The van der Waals surface area contributed by atoms with Gasteiger partial charge in [0, 0.05) is 49.0 Å². The number of fused-ring (bicyclic) bond motifs is 9. The number of hydrogen-bond acceptors (Lipinski definition) is 2. The van der Waals surface area contributed by atoms with Crippen molar-refractivity contribution in [2.75, 3.05) is 0 Å². The van der Waals surface area contributed by atoms with Crippen molar-refractivity contribution in [3.63, 3.8) is 0 Å². The summed E-state index contributed by atoms with van der Waals surface area (Å²) < 4.78 is 80.9. The first-order chi connectivity index (χ1) is 37.6. The van der Waals surface area contributed by atoms with Gasteiger partial charge in [0.2, 0.25) is 0 Å². The summed E-state index contributed by atoms with van der Waals surface area (Å²) in [5.41, 5.74) is 10.6.